The van der Waals surface area contributed by atoms with Crippen LogP contribution in [-0.4, -0.2) is 4.98 Å². The van der Waals surface area contributed by atoms with E-state index in [9.17, 15) is 0 Å². The number of H-pyrrole nitrogens is 1. The molecule has 16 heavy (non-hydrogen) atoms. The standard InChI is InChI=1S/C13H14N2O/c1-7(2)12-10(14)11-13(16-12)8-5-3-4-6-9(8)15-11/h3-7,15H,14H2,1-2H3. The second-order valence-electron chi connectivity index (χ2n) is 4.41. The second kappa shape index (κ2) is 3.04. The monoisotopic (exact) mass is 214 g/mol. The Morgan fingerprint density at radius 2 is 2.00 bits per heavy atom. The van der Waals surface area contributed by atoms with Crippen molar-refractivity contribution in [2.24, 2.45) is 0 Å². The maximum Gasteiger partial charge on any atom is 0.162 e. The molecule has 0 bridgehead atoms. The summed E-state index contributed by atoms with van der Waals surface area (Å²) in [4.78, 5) is 3.30. The first-order valence-electron chi connectivity index (χ1n) is 5.47. The van der Waals surface area contributed by atoms with Gasteiger partial charge in [-0.1, -0.05) is 26.0 Å². The number of hydrogen-bond acceptors (Lipinski definition) is 2. The van der Waals surface area contributed by atoms with E-state index in [0.717, 1.165) is 33.5 Å². The Balaban J connectivity index is 2.44. The maximum absolute atomic E-state index is 6.08. The van der Waals surface area contributed by atoms with E-state index in [1.165, 1.54) is 0 Å². The van der Waals surface area contributed by atoms with Crippen LogP contribution in [0.25, 0.3) is 22.0 Å². The minimum Gasteiger partial charge on any atom is -0.456 e. The molecule has 3 nitrogen and oxygen atoms in total. The zero-order valence-corrected chi connectivity index (χ0v) is 9.37. The van der Waals surface area contributed by atoms with Crippen molar-refractivity contribution in [1.82, 2.24) is 4.98 Å². The minimum absolute atomic E-state index is 0.305. The van der Waals surface area contributed by atoms with Crippen LogP contribution in [0.3, 0.4) is 0 Å². The quantitative estimate of drug-likeness (QED) is 0.650. The summed E-state index contributed by atoms with van der Waals surface area (Å²) < 4.78 is 5.86. The Labute approximate surface area is 93.2 Å². The largest absolute Gasteiger partial charge is 0.456 e. The number of rotatable bonds is 1. The molecule has 3 rings (SSSR count). The van der Waals surface area contributed by atoms with Gasteiger partial charge in [-0.05, 0) is 12.1 Å². The van der Waals surface area contributed by atoms with Crippen molar-refractivity contribution in [2.75, 3.05) is 5.73 Å². The van der Waals surface area contributed by atoms with Crippen LogP contribution in [0.5, 0.6) is 0 Å². The van der Waals surface area contributed by atoms with Gasteiger partial charge in [0.15, 0.2) is 5.58 Å². The van der Waals surface area contributed by atoms with Gasteiger partial charge >= 0.3 is 0 Å². The topological polar surface area (TPSA) is 55.0 Å². The molecule has 0 atom stereocenters. The van der Waals surface area contributed by atoms with Crippen LogP contribution in [-0.2, 0) is 0 Å². The predicted octanol–water partition coefficient (Wildman–Crippen LogP) is 3.62. The van der Waals surface area contributed by atoms with Crippen LogP contribution >= 0.6 is 0 Å². The Morgan fingerprint density at radius 1 is 1.25 bits per heavy atom. The first kappa shape index (κ1) is 9.33. The van der Waals surface area contributed by atoms with Gasteiger partial charge in [0.2, 0.25) is 0 Å². The number of nitrogen functional groups attached to an aromatic ring is 1. The molecule has 0 radical (unpaired) electrons. The van der Waals surface area contributed by atoms with Gasteiger partial charge < -0.3 is 15.1 Å². The van der Waals surface area contributed by atoms with Crippen molar-refractivity contribution in [3.8, 4) is 0 Å². The number of anilines is 1. The SMILES string of the molecule is CC(C)c1oc2c([nH]c3ccccc32)c1N. The first-order valence-corrected chi connectivity index (χ1v) is 5.47. The predicted molar refractivity (Wildman–Crippen MR) is 66.6 cm³/mol. The Hall–Kier alpha value is -1.90. The number of hydrogen-bond donors (Lipinski definition) is 2. The lowest BCUT2D eigenvalue weighted by Gasteiger charge is -2.00. The van der Waals surface area contributed by atoms with Crippen LogP contribution in [0, 0.1) is 0 Å². The fraction of sp³-hybridized carbons (Fsp3) is 0.231. The number of aromatic nitrogens is 1. The number of benzene rings is 1. The van der Waals surface area contributed by atoms with E-state index in [2.05, 4.69) is 18.8 Å². The maximum atomic E-state index is 6.08. The Kier molecular flexibility index (Phi) is 1.78. The molecule has 0 spiro atoms. The number of nitrogens with two attached hydrogens (primary N) is 1. The van der Waals surface area contributed by atoms with Gasteiger partial charge in [0, 0.05) is 16.8 Å². The molecule has 0 saturated heterocycles. The van der Waals surface area contributed by atoms with Crippen molar-refractivity contribution in [2.45, 2.75) is 19.8 Å². The van der Waals surface area contributed by atoms with E-state index >= 15 is 0 Å². The summed E-state index contributed by atoms with van der Waals surface area (Å²) in [6, 6.07) is 8.07. The fourth-order valence-corrected chi connectivity index (χ4v) is 2.13. The highest BCUT2D eigenvalue weighted by Gasteiger charge is 2.17. The molecule has 3 heteroatoms. The molecule has 2 heterocycles. The summed E-state index contributed by atoms with van der Waals surface area (Å²) in [5, 5.41) is 1.09. The van der Waals surface area contributed by atoms with Crippen molar-refractivity contribution < 1.29 is 4.42 Å². The smallest absolute Gasteiger partial charge is 0.162 e. The molecule has 0 aliphatic heterocycles. The molecule has 0 amide bonds. The van der Waals surface area contributed by atoms with Crippen LogP contribution in [0.4, 0.5) is 5.69 Å². The van der Waals surface area contributed by atoms with Crippen LogP contribution in [0.2, 0.25) is 0 Å². The van der Waals surface area contributed by atoms with Crippen molar-refractivity contribution in [1.29, 1.82) is 0 Å². The molecular formula is C13H14N2O. The summed E-state index contributed by atoms with van der Waals surface area (Å²) in [6.45, 7) is 4.16. The van der Waals surface area contributed by atoms with Gasteiger partial charge in [0.05, 0.1) is 5.69 Å². The summed E-state index contributed by atoms with van der Waals surface area (Å²) >= 11 is 0. The minimum atomic E-state index is 0.305. The highest BCUT2D eigenvalue weighted by molar-refractivity contribution is 6.08. The van der Waals surface area contributed by atoms with Gasteiger partial charge in [0.1, 0.15) is 11.3 Å². The van der Waals surface area contributed by atoms with Gasteiger partial charge in [-0.2, -0.15) is 0 Å². The third-order valence-electron chi connectivity index (χ3n) is 2.93. The Bertz CT molecular complexity index is 661. The van der Waals surface area contributed by atoms with Gasteiger partial charge in [-0.25, -0.2) is 0 Å². The molecule has 0 fully saturated rings. The lowest BCUT2D eigenvalue weighted by atomic mass is 10.1. The second-order valence-corrected chi connectivity index (χ2v) is 4.41. The lowest BCUT2D eigenvalue weighted by Crippen LogP contribution is -1.92. The average molecular weight is 214 g/mol. The fourth-order valence-electron chi connectivity index (χ4n) is 2.13. The van der Waals surface area contributed by atoms with E-state index in [-0.39, 0.29) is 0 Å². The van der Waals surface area contributed by atoms with E-state index in [4.69, 9.17) is 10.2 Å². The number of furan rings is 1. The Morgan fingerprint density at radius 3 is 2.75 bits per heavy atom. The molecule has 1 aromatic carbocycles. The zero-order chi connectivity index (χ0) is 11.3. The van der Waals surface area contributed by atoms with Gasteiger partial charge in [-0.15, -0.1) is 0 Å². The number of aromatic amines is 1. The van der Waals surface area contributed by atoms with Gasteiger partial charge in [0.25, 0.3) is 0 Å². The summed E-state index contributed by atoms with van der Waals surface area (Å²) in [6.07, 6.45) is 0. The van der Waals surface area contributed by atoms with E-state index in [0.29, 0.717) is 5.92 Å². The lowest BCUT2D eigenvalue weighted by molar-refractivity contribution is 0.526. The van der Waals surface area contributed by atoms with Crippen molar-refractivity contribution in [3.63, 3.8) is 0 Å². The zero-order valence-electron chi connectivity index (χ0n) is 9.37. The third kappa shape index (κ3) is 1.08. The normalized spacial score (nSPS) is 11.9. The molecule has 0 aliphatic carbocycles. The molecule has 0 unspecified atom stereocenters. The van der Waals surface area contributed by atoms with Crippen molar-refractivity contribution >= 4 is 27.7 Å². The van der Waals surface area contributed by atoms with Crippen LogP contribution in [0.15, 0.2) is 28.7 Å². The average Bonchev–Trinajstić information content (AvgIpc) is 2.76. The highest BCUT2D eigenvalue weighted by Crippen LogP contribution is 2.36. The van der Waals surface area contributed by atoms with E-state index < -0.39 is 0 Å². The van der Waals surface area contributed by atoms with E-state index in [1.54, 1.807) is 0 Å². The van der Waals surface area contributed by atoms with Crippen LogP contribution in [0.1, 0.15) is 25.5 Å². The molecule has 3 aromatic rings. The third-order valence-corrected chi connectivity index (χ3v) is 2.93. The van der Waals surface area contributed by atoms with Crippen LogP contribution < -0.4 is 5.73 Å². The molecule has 0 saturated carbocycles. The number of fused-ring (bicyclic) bond motifs is 3. The summed E-state index contributed by atoms with van der Waals surface area (Å²) in [5.74, 6) is 1.17. The molecule has 82 valence electrons. The van der Waals surface area contributed by atoms with E-state index in [1.807, 2.05) is 24.3 Å². The number of para-hydroxylation sites is 1. The highest BCUT2D eigenvalue weighted by atomic mass is 16.3. The molecule has 3 N–H and O–H groups in total. The molecular weight excluding hydrogens is 200 g/mol. The summed E-state index contributed by atoms with van der Waals surface area (Å²) in [5.41, 5.74) is 9.68. The molecule has 0 aliphatic rings. The summed E-state index contributed by atoms with van der Waals surface area (Å²) in [7, 11) is 0. The first-order chi connectivity index (χ1) is 7.68. The number of nitrogens with one attached hydrogen (secondary N) is 1. The molecule has 2 aromatic heterocycles. The van der Waals surface area contributed by atoms with Gasteiger partial charge in [-0.3, -0.25) is 0 Å². The van der Waals surface area contributed by atoms with Crippen molar-refractivity contribution in [3.05, 3.63) is 30.0 Å².